The Kier molecular flexibility index (Phi) is 9.75. The molecule has 3 unspecified atom stereocenters. The van der Waals surface area contributed by atoms with Gasteiger partial charge in [-0.15, -0.1) is 13.2 Å². The smallest absolute Gasteiger partial charge is 0.249 e. The highest BCUT2D eigenvalue weighted by molar-refractivity contribution is 9.09. The molecule has 4 rings (SSSR count). The van der Waals surface area contributed by atoms with Gasteiger partial charge in [-0.1, -0.05) is 78.7 Å². The molecule has 0 aliphatic carbocycles. The normalized spacial score (nSPS) is 29.6. The van der Waals surface area contributed by atoms with E-state index in [0.717, 1.165) is 5.56 Å². The number of halogens is 1. The number of nitrogens with zero attached hydrogens (tertiary/aromatic N) is 3. The van der Waals surface area contributed by atoms with Crippen molar-refractivity contribution >= 4 is 33.7 Å². The molecule has 1 spiro atoms. The van der Waals surface area contributed by atoms with E-state index < -0.39 is 41.2 Å². The zero-order chi connectivity index (χ0) is 31.0. The number of amides is 3. The molecular formula is C33H46BrN3O5. The lowest BCUT2D eigenvalue weighted by atomic mass is 9.70. The minimum atomic E-state index is -1.20. The highest BCUT2D eigenvalue weighted by Crippen LogP contribution is 2.61. The number of rotatable bonds is 12. The topological polar surface area (TPSA) is 90.4 Å². The van der Waals surface area contributed by atoms with E-state index >= 15 is 0 Å². The number of fused-ring (bicyclic) bond motifs is 1. The van der Waals surface area contributed by atoms with Crippen LogP contribution >= 0.6 is 15.9 Å². The molecule has 9 heteroatoms. The molecule has 8 atom stereocenters. The van der Waals surface area contributed by atoms with Gasteiger partial charge in [0, 0.05) is 30.0 Å². The third-order valence-corrected chi connectivity index (χ3v) is 10.2. The first-order valence-electron chi connectivity index (χ1n) is 15.0. The fourth-order valence-corrected chi connectivity index (χ4v) is 8.12. The fourth-order valence-electron chi connectivity index (χ4n) is 7.17. The van der Waals surface area contributed by atoms with Gasteiger partial charge in [-0.05, 0) is 38.7 Å². The Morgan fingerprint density at radius 1 is 1.19 bits per heavy atom. The van der Waals surface area contributed by atoms with Crippen LogP contribution in [0.25, 0.3) is 0 Å². The first kappa shape index (κ1) is 32.4. The summed E-state index contributed by atoms with van der Waals surface area (Å²) in [6.07, 6.45) is 3.93. The van der Waals surface area contributed by atoms with Gasteiger partial charge in [-0.2, -0.15) is 0 Å². The summed E-state index contributed by atoms with van der Waals surface area (Å²) in [5.74, 6) is -2.43. The number of aliphatic hydroxyl groups excluding tert-OH is 1. The average Bonchev–Trinajstić information content (AvgIpc) is 3.54. The second-order valence-electron chi connectivity index (χ2n) is 12.9. The van der Waals surface area contributed by atoms with Gasteiger partial charge < -0.3 is 24.5 Å². The van der Waals surface area contributed by atoms with Crippen LogP contribution < -0.4 is 0 Å². The molecule has 3 amide bonds. The van der Waals surface area contributed by atoms with Crippen LogP contribution in [0.4, 0.5) is 0 Å². The molecular weight excluding hydrogens is 598 g/mol. The molecule has 1 aromatic rings. The molecule has 3 aliphatic rings. The van der Waals surface area contributed by atoms with Crippen LogP contribution in [0.3, 0.4) is 0 Å². The van der Waals surface area contributed by atoms with Crippen LogP contribution in [0.5, 0.6) is 0 Å². The molecule has 2 bridgehead atoms. The maximum Gasteiger partial charge on any atom is 0.249 e. The lowest BCUT2D eigenvalue weighted by Gasteiger charge is -2.44. The summed E-state index contributed by atoms with van der Waals surface area (Å²) in [6, 6.07) is 8.14. The van der Waals surface area contributed by atoms with Crippen LogP contribution in [0.2, 0.25) is 0 Å². The highest BCUT2D eigenvalue weighted by atomic mass is 79.9. The van der Waals surface area contributed by atoms with Crippen LogP contribution in [0.1, 0.15) is 53.0 Å². The number of likely N-dealkylation sites (tertiary alicyclic amines) is 1. The van der Waals surface area contributed by atoms with Gasteiger partial charge in [-0.25, -0.2) is 0 Å². The van der Waals surface area contributed by atoms with Crippen LogP contribution in [-0.4, -0.2) is 91.4 Å². The molecule has 1 N–H and O–H groups in total. The zero-order valence-corrected chi connectivity index (χ0v) is 27.1. The summed E-state index contributed by atoms with van der Waals surface area (Å²) in [5.41, 5.74) is -0.793. The molecule has 3 heterocycles. The van der Waals surface area contributed by atoms with Gasteiger partial charge in [0.25, 0.3) is 0 Å². The van der Waals surface area contributed by atoms with E-state index in [9.17, 15) is 19.5 Å². The average molecular weight is 645 g/mol. The third kappa shape index (κ3) is 5.48. The van der Waals surface area contributed by atoms with Crippen molar-refractivity contribution in [3.05, 3.63) is 61.2 Å². The van der Waals surface area contributed by atoms with E-state index in [1.165, 1.54) is 0 Å². The predicted octanol–water partition coefficient (Wildman–Crippen LogP) is 4.17. The van der Waals surface area contributed by atoms with Crippen molar-refractivity contribution in [3.8, 4) is 0 Å². The molecule has 0 aromatic heterocycles. The highest BCUT2D eigenvalue weighted by Gasteiger charge is 2.77. The van der Waals surface area contributed by atoms with Gasteiger partial charge >= 0.3 is 0 Å². The molecule has 230 valence electrons. The molecule has 1 aromatic carbocycles. The maximum atomic E-state index is 14.7. The monoisotopic (exact) mass is 643 g/mol. The summed E-state index contributed by atoms with van der Waals surface area (Å²) < 4.78 is 6.75. The van der Waals surface area contributed by atoms with Crippen LogP contribution in [0.15, 0.2) is 55.6 Å². The van der Waals surface area contributed by atoms with Gasteiger partial charge in [-0.3, -0.25) is 14.4 Å². The van der Waals surface area contributed by atoms with Gasteiger partial charge in [0.05, 0.1) is 30.6 Å². The van der Waals surface area contributed by atoms with Crippen molar-refractivity contribution in [1.82, 2.24) is 14.7 Å². The van der Waals surface area contributed by atoms with E-state index in [-0.39, 0.29) is 35.1 Å². The Hall–Kier alpha value is -2.49. The lowest BCUT2D eigenvalue weighted by molar-refractivity contribution is -0.156. The van der Waals surface area contributed by atoms with Crippen molar-refractivity contribution in [3.63, 3.8) is 0 Å². The van der Waals surface area contributed by atoms with Gasteiger partial charge in [0.2, 0.25) is 17.7 Å². The Morgan fingerprint density at radius 3 is 2.38 bits per heavy atom. The largest absolute Gasteiger partial charge is 0.394 e. The molecule has 3 fully saturated rings. The zero-order valence-electron chi connectivity index (χ0n) is 25.5. The van der Waals surface area contributed by atoms with E-state index in [1.54, 1.807) is 26.9 Å². The Bertz CT molecular complexity index is 1190. The maximum absolute atomic E-state index is 14.7. The summed E-state index contributed by atoms with van der Waals surface area (Å²) in [4.78, 5) is 48.5. The molecule has 3 saturated heterocycles. The summed E-state index contributed by atoms with van der Waals surface area (Å²) >= 11 is 3.77. The summed E-state index contributed by atoms with van der Waals surface area (Å²) in [7, 11) is 0. The Morgan fingerprint density at radius 2 is 1.83 bits per heavy atom. The molecule has 42 heavy (non-hydrogen) atoms. The number of aliphatic hydroxyl groups is 1. The minimum absolute atomic E-state index is 0.0755. The number of hydrogen-bond acceptors (Lipinski definition) is 5. The Balaban J connectivity index is 1.83. The number of carbonyl (C=O) groups excluding carboxylic acids is 3. The number of hydrogen-bond donors (Lipinski definition) is 1. The molecule has 0 saturated carbocycles. The number of benzene rings is 1. The SMILES string of the molecule is C=CCN(Cc1ccccc1)C(=O)[C@H]1[C@H]2C(=O)N([C@@H](CO)[C@@H](C)CC)C(C(=O)N(CC=C)C(C)(C)C)C23CC(Br)[C@@H]1O3. The quantitative estimate of drug-likeness (QED) is 0.273. The van der Waals surface area contributed by atoms with Crippen molar-refractivity contribution in [2.75, 3.05) is 19.7 Å². The van der Waals surface area contributed by atoms with Gasteiger partial charge in [0.15, 0.2) is 0 Å². The molecule has 3 aliphatic heterocycles. The predicted molar refractivity (Wildman–Crippen MR) is 167 cm³/mol. The van der Waals surface area contributed by atoms with Crippen molar-refractivity contribution in [2.24, 2.45) is 17.8 Å². The first-order chi connectivity index (χ1) is 19.9. The van der Waals surface area contributed by atoms with E-state index in [0.29, 0.717) is 32.5 Å². The number of carbonyl (C=O) groups is 3. The summed E-state index contributed by atoms with van der Waals surface area (Å²) in [6.45, 7) is 18.3. The van der Waals surface area contributed by atoms with Gasteiger partial charge in [0.1, 0.15) is 11.6 Å². The standard InChI is InChI=1S/C33H46BrN3O5/c1-8-16-35(19-22-14-12-11-13-15-22)29(39)25-26-30(40)37(24(20-38)21(4)10-3)28(33(26)18-23(34)27(25)42-33)31(41)36(17-9-2)32(5,6)7/h8-9,11-15,21,23-28,38H,1-2,10,16-20H2,3-7H3/t21-,23?,24-,25-,26-,27-,28?,33?/m0/s1. The van der Waals surface area contributed by atoms with E-state index in [4.69, 9.17) is 4.74 Å². The van der Waals surface area contributed by atoms with E-state index in [1.807, 2.05) is 65.0 Å². The molecule has 0 radical (unpaired) electrons. The fraction of sp³-hybridized carbons (Fsp3) is 0.606. The second-order valence-corrected chi connectivity index (χ2v) is 14.1. The summed E-state index contributed by atoms with van der Waals surface area (Å²) in [5, 5.41) is 10.6. The number of alkyl halides is 1. The second kappa shape index (κ2) is 12.6. The van der Waals surface area contributed by atoms with Crippen molar-refractivity contribution in [1.29, 1.82) is 0 Å². The van der Waals surface area contributed by atoms with Crippen LogP contribution in [-0.2, 0) is 25.7 Å². The van der Waals surface area contributed by atoms with Crippen molar-refractivity contribution in [2.45, 2.75) is 88.2 Å². The molecule has 8 nitrogen and oxygen atoms in total. The third-order valence-electron chi connectivity index (χ3n) is 9.36. The lowest BCUT2D eigenvalue weighted by Crippen LogP contribution is -2.62. The van der Waals surface area contributed by atoms with E-state index in [2.05, 4.69) is 29.1 Å². The first-order valence-corrected chi connectivity index (χ1v) is 15.9. The Labute approximate surface area is 258 Å². The van der Waals surface area contributed by atoms with Crippen LogP contribution in [0, 0.1) is 17.8 Å². The number of ether oxygens (including phenoxy) is 1. The van der Waals surface area contributed by atoms with Crippen molar-refractivity contribution < 1.29 is 24.2 Å². The minimum Gasteiger partial charge on any atom is -0.394 e.